The molecule has 21 heavy (non-hydrogen) atoms. The van der Waals surface area contributed by atoms with E-state index in [0.29, 0.717) is 25.2 Å². The van der Waals surface area contributed by atoms with Crippen molar-refractivity contribution in [3.63, 3.8) is 0 Å². The van der Waals surface area contributed by atoms with Crippen molar-refractivity contribution in [1.82, 2.24) is 9.62 Å². The van der Waals surface area contributed by atoms with E-state index >= 15 is 0 Å². The van der Waals surface area contributed by atoms with Crippen LogP contribution in [0.2, 0.25) is 0 Å². The summed E-state index contributed by atoms with van der Waals surface area (Å²) in [6, 6.07) is 5.94. The van der Waals surface area contributed by atoms with Gasteiger partial charge < -0.3 is 10.1 Å². The molecule has 0 radical (unpaired) electrons. The third-order valence-electron chi connectivity index (χ3n) is 3.24. The van der Waals surface area contributed by atoms with Gasteiger partial charge in [-0.15, -0.1) is 12.4 Å². The van der Waals surface area contributed by atoms with E-state index in [-0.39, 0.29) is 23.3 Å². The molecule has 0 unspecified atom stereocenters. The van der Waals surface area contributed by atoms with E-state index in [4.69, 9.17) is 0 Å². The van der Waals surface area contributed by atoms with Crippen LogP contribution in [-0.2, 0) is 14.8 Å². The van der Waals surface area contributed by atoms with Gasteiger partial charge in [-0.1, -0.05) is 0 Å². The Balaban J connectivity index is 0.00000220. The maximum Gasteiger partial charge on any atom is 0.337 e. The molecule has 0 aromatic heterocycles. The number of hydrogen-bond acceptors (Lipinski definition) is 5. The average Bonchev–Trinajstić information content (AvgIpc) is 2.46. The second-order valence-corrected chi connectivity index (χ2v) is 6.67. The van der Waals surface area contributed by atoms with E-state index < -0.39 is 16.0 Å². The molecule has 0 saturated carbocycles. The summed E-state index contributed by atoms with van der Waals surface area (Å²) in [5.74, 6) is -0.482. The number of piperazine rings is 1. The van der Waals surface area contributed by atoms with Crippen LogP contribution in [0.5, 0.6) is 0 Å². The van der Waals surface area contributed by atoms with E-state index in [1.54, 1.807) is 0 Å². The first-order valence-electron chi connectivity index (χ1n) is 6.37. The number of ether oxygens (including phenoxy) is 1. The summed E-state index contributed by atoms with van der Waals surface area (Å²) in [4.78, 5) is 11.5. The Morgan fingerprint density at radius 3 is 2.48 bits per heavy atom. The quantitative estimate of drug-likeness (QED) is 0.830. The van der Waals surface area contributed by atoms with E-state index in [9.17, 15) is 13.2 Å². The van der Waals surface area contributed by atoms with Crippen LogP contribution in [0.3, 0.4) is 0 Å². The van der Waals surface area contributed by atoms with Gasteiger partial charge in [0.25, 0.3) is 0 Å². The second kappa shape index (κ2) is 7.22. The number of nitrogens with one attached hydrogen (secondary N) is 1. The Morgan fingerprint density at radius 1 is 1.33 bits per heavy atom. The lowest BCUT2D eigenvalue weighted by molar-refractivity contribution is 0.0600. The van der Waals surface area contributed by atoms with Crippen LogP contribution in [0.1, 0.15) is 17.3 Å². The Bertz CT molecular complexity index is 589. The SMILES string of the molecule is COC(=O)c1ccc(S(=O)(=O)N2CCN[C@@H](C)C2)cc1.Cl. The first-order valence-corrected chi connectivity index (χ1v) is 7.81. The average molecular weight is 335 g/mol. The molecule has 0 spiro atoms. The van der Waals surface area contributed by atoms with Crippen LogP contribution in [0.25, 0.3) is 0 Å². The molecule has 1 aromatic rings. The number of halogens is 1. The number of rotatable bonds is 3. The molecule has 1 fully saturated rings. The number of methoxy groups -OCH3 is 1. The molecule has 6 nitrogen and oxygen atoms in total. The summed E-state index contributed by atoms with van der Waals surface area (Å²) in [5.41, 5.74) is 0.333. The number of nitrogens with zero attached hydrogens (tertiary/aromatic N) is 1. The Labute approximate surface area is 130 Å². The van der Waals surface area contributed by atoms with Crippen molar-refractivity contribution in [2.45, 2.75) is 17.9 Å². The van der Waals surface area contributed by atoms with Crippen LogP contribution in [-0.4, -0.2) is 51.5 Å². The maximum atomic E-state index is 12.5. The van der Waals surface area contributed by atoms with Gasteiger partial charge in [0, 0.05) is 25.7 Å². The molecule has 2 rings (SSSR count). The van der Waals surface area contributed by atoms with E-state index in [0.717, 1.165) is 0 Å². The molecule has 1 aliphatic rings. The third kappa shape index (κ3) is 3.94. The summed E-state index contributed by atoms with van der Waals surface area (Å²) in [6.45, 7) is 3.48. The molecule has 118 valence electrons. The van der Waals surface area contributed by atoms with Crippen LogP contribution in [0, 0.1) is 0 Å². The minimum Gasteiger partial charge on any atom is -0.465 e. The molecule has 1 aromatic carbocycles. The molecular weight excluding hydrogens is 316 g/mol. The predicted octanol–water partition coefficient (Wildman–Crippen LogP) is 0.877. The normalized spacial score (nSPS) is 19.6. The minimum atomic E-state index is -3.50. The summed E-state index contributed by atoms with van der Waals surface area (Å²) < 4.78 is 31.0. The largest absolute Gasteiger partial charge is 0.465 e. The molecule has 1 saturated heterocycles. The van der Waals surface area contributed by atoms with Crippen molar-refractivity contribution in [2.75, 3.05) is 26.7 Å². The van der Waals surface area contributed by atoms with E-state index in [1.165, 1.54) is 35.7 Å². The fourth-order valence-electron chi connectivity index (χ4n) is 2.15. The molecule has 1 heterocycles. The Morgan fingerprint density at radius 2 is 1.95 bits per heavy atom. The first-order chi connectivity index (χ1) is 9.45. The lowest BCUT2D eigenvalue weighted by Crippen LogP contribution is -2.51. The third-order valence-corrected chi connectivity index (χ3v) is 5.12. The zero-order chi connectivity index (χ0) is 14.8. The van der Waals surface area contributed by atoms with Crippen molar-refractivity contribution in [3.8, 4) is 0 Å². The lowest BCUT2D eigenvalue weighted by Gasteiger charge is -2.31. The lowest BCUT2D eigenvalue weighted by atomic mass is 10.2. The molecule has 0 bridgehead atoms. The molecular formula is C13H19ClN2O4S. The van der Waals surface area contributed by atoms with Gasteiger partial charge in [0.2, 0.25) is 10.0 Å². The summed E-state index contributed by atoms with van der Waals surface area (Å²) in [5, 5.41) is 3.20. The molecule has 8 heteroatoms. The van der Waals surface area contributed by atoms with Crippen molar-refractivity contribution >= 4 is 28.4 Å². The number of esters is 1. The Kier molecular flexibility index (Phi) is 6.15. The summed E-state index contributed by atoms with van der Waals surface area (Å²) in [7, 11) is -2.22. The molecule has 1 atom stereocenters. The zero-order valence-electron chi connectivity index (χ0n) is 11.9. The predicted molar refractivity (Wildman–Crippen MR) is 81.3 cm³/mol. The van der Waals surface area contributed by atoms with Gasteiger partial charge >= 0.3 is 5.97 Å². The number of carbonyl (C=O) groups is 1. The van der Waals surface area contributed by atoms with Crippen molar-refractivity contribution in [2.24, 2.45) is 0 Å². The maximum absolute atomic E-state index is 12.5. The van der Waals surface area contributed by atoms with E-state index in [1.807, 2.05) is 6.92 Å². The molecule has 1 N–H and O–H groups in total. The van der Waals surface area contributed by atoms with Gasteiger partial charge in [-0.3, -0.25) is 0 Å². The number of benzene rings is 1. The van der Waals surface area contributed by atoms with Gasteiger partial charge in [0.05, 0.1) is 17.6 Å². The van der Waals surface area contributed by atoms with Crippen molar-refractivity contribution < 1.29 is 17.9 Å². The van der Waals surface area contributed by atoms with Gasteiger partial charge in [0.1, 0.15) is 0 Å². The summed E-state index contributed by atoms with van der Waals surface area (Å²) >= 11 is 0. The van der Waals surface area contributed by atoms with Crippen LogP contribution >= 0.6 is 12.4 Å². The number of sulfonamides is 1. The van der Waals surface area contributed by atoms with Gasteiger partial charge in [-0.2, -0.15) is 4.31 Å². The monoisotopic (exact) mass is 334 g/mol. The fraction of sp³-hybridized carbons (Fsp3) is 0.462. The first kappa shape index (κ1) is 17.9. The van der Waals surface area contributed by atoms with Gasteiger partial charge in [-0.05, 0) is 31.2 Å². The van der Waals surface area contributed by atoms with Gasteiger partial charge in [0.15, 0.2) is 0 Å². The number of carbonyl (C=O) groups excluding carboxylic acids is 1. The zero-order valence-corrected chi connectivity index (χ0v) is 13.5. The highest BCUT2D eigenvalue weighted by Gasteiger charge is 2.28. The van der Waals surface area contributed by atoms with E-state index in [2.05, 4.69) is 10.1 Å². The number of hydrogen-bond donors (Lipinski definition) is 1. The van der Waals surface area contributed by atoms with Crippen LogP contribution < -0.4 is 5.32 Å². The van der Waals surface area contributed by atoms with Crippen molar-refractivity contribution in [1.29, 1.82) is 0 Å². The highest BCUT2D eigenvalue weighted by Crippen LogP contribution is 2.18. The minimum absolute atomic E-state index is 0. The molecule has 0 amide bonds. The topological polar surface area (TPSA) is 75.7 Å². The molecule has 1 aliphatic heterocycles. The second-order valence-electron chi connectivity index (χ2n) is 4.73. The fourth-order valence-corrected chi connectivity index (χ4v) is 3.67. The molecule has 0 aliphatic carbocycles. The van der Waals surface area contributed by atoms with Crippen LogP contribution in [0.4, 0.5) is 0 Å². The van der Waals surface area contributed by atoms with Gasteiger partial charge in [-0.25, -0.2) is 13.2 Å². The smallest absolute Gasteiger partial charge is 0.337 e. The summed E-state index contributed by atoms with van der Waals surface area (Å²) in [6.07, 6.45) is 0. The standard InChI is InChI=1S/C13H18N2O4S.ClH/c1-10-9-15(8-7-14-10)20(17,18)12-5-3-11(4-6-12)13(16)19-2;/h3-6,10,14H,7-9H2,1-2H3;1H/t10-;/m0./s1. The van der Waals surface area contributed by atoms with Crippen molar-refractivity contribution in [3.05, 3.63) is 29.8 Å². The van der Waals surface area contributed by atoms with Crippen LogP contribution in [0.15, 0.2) is 29.2 Å². The highest BCUT2D eigenvalue weighted by molar-refractivity contribution is 7.89. The Hall–Kier alpha value is -1.15. The highest BCUT2D eigenvalue weighted by atomic mass is 35.5.